The van der Waals surface area contributed by atoms with Crippen LogP contribution in [0.25, 0.3) is 11.2 Å². The maximum Gasteiger partial charge on any atom is 0.261 e. The Bertz CT molecular complexity index is 846. The van der Waals surface area contributed by atoms with E-state index in [0.717, 1.165) is 5.56 Å². The fourth-order valence-corrected chi connectivity index (χ4v) is 2.07. The van der Waals surface area contributed by atoms with Gasteiger partial charge in [0, 0.05) is 0 Å². The Morgan fingerprint density at radius 3 is 3.00 bits per heavy atom. The van der Waals surface area contributed by atoms with E-state index in [1.165, 1.54) is 12.4 Å². The summed E-state index contributed by atoms with van der Waals surface area (Å²) in [6.07, 6.45) is 1.43. The minimum absolute atomic E-state index is 0.0190. The number of nitrogens with one attached hydrogen (secondary N) is 2. The van der Waals surface area contributed by atoms with Crippen molar-refractivity contribution in [1.29, 1.82) is 0 Å². The molecule has 0 fully saturated rings. The number of hydrogen-bond donors (Lipinski definition) is 3. The number of carbonyl (C=O) groups is 1. The summed E-state index contributed by atoms with van der Waals surface area (Å²) in [5, 5.41) is 12.4. The molecule has 21 heavy (non-hydrogen) atoms. The molecule has 3 N–H and O–H groups in total. The smallest absolute Gasteiger partial charge is 0.261 e. The van der Waals surface area contributed by atoms with Gasteiger partial charge in [0.15, 0.2) is 10.8 Å². The first-order valence-electron chi connectivity index (χ1n) is 6.02. The van der Waals surface area contributed by atoms with E-state index >= 15 is 0 Å². The number of hydrogen-bond acceptors (Lipinski definition) is 5. The molecule has 0 saturated carbocycles. The Morgan fingerprint density at radius 2 is 2.19 bits per heavy atom. The maximum atomic E-state index is 12.2. The Labute approximate surface area is 124 Å². The average Bonchev–Trinajstić information content (AvgIpc) is 2.90. The molecule has 1 amide bonds. The molecule has 0 spiro atoms. The van der Waals surface area contributed by atoms with E-state index in [9.17, 15) is 9.90 Å². The first-order chi connectivity index (χ1) is 10.0. The number of nitrogens with zero attached hydrogens (tertiary/aromatic N) is 3. The van der Waals surface area contributed by atoms with Gasteiger partial charge in [0.2, 0.25) is 5.95 Å². The number of rotatable bonds is 2. The molecule has 7 nitrogen and oxygen atoms in total. The van der Waals surface area contributed by atoms with Gasteiger partial charge >= 0.3 is 0 Å². The molecule has 106 valence electrons. The quantitative estimate of drug-likeness (QED) is 0.630. The first kappa shape index (κ1) is 13.3. The normalized spacial score (nSPS) is 10.8. The predicted molar refractivity (Wildman–Crippen MR) is 77.5 cm³/mol. The zero-order valence-corrected chi connectivity index (χ0v) is 11.6. The lowest BCUT2D eigenvalue weighted by molar-refractivity contribution is 0.102. The van der Waals surface area contributed by atoms with Crippen molar-refractivity contribution in [2.45, 2.75) is 6.92 Å². The highest BCUT2D eigenvalue weighted by Gasteiger charge is 2.15. The summed E-state index contributed by atoms with van der Waals surface area (Å²) in [6.45, 7) is 1.82. The van der Waals surface area contributed by atoms with Crippen molar-refractivity contribution in [1.82, 2.24) is 19.9 Å². The van der Waals surface area contributed by atoms with E-state index in [-0.39, 0.29) is 22.4 Å². The van der Waals surface area contributed by atoms with E-state index in [1.807, 2.05) is 6.92 Å². The number of aromatic hydroxyl groups is 1. The van der Waals surface area contributed by atoms with Crippen molar-refractivity contribution in [3.63, 3.8) is 0 Å². The highest BCUT2D eigenvalue weighted by atomic mass is 35.5. The van der Waals surface area contributed by atoms with Crippen LogP contribution in [0.1, 0.15) is 15.9 Å². The van der Waals surface area contributed by atoms with E-state index < -0.39 is 5.91 Å². The lowest BCUT2D eigenvalue weighted by Crippen LogP contribution is -2.14. The molecule has 0 bridgehead atoms. The maximum absolute atomic E-state index is 12.2. The second-order valence-electron chi connectivity index (χ2n) is 4.41. The van der Waals surface area contributed by atoms with Crippen molar-refractivity contribution in [3.05, 3.63) is 40.8 Å². The van der Waals surface area contributed by atoms with Crippen molar-refractivity contribution in [3.8, 4) is 5.75 Å². The topological polar surface area (TPSA) is 104 Å². The summed E-state index contributed by atoms with van der Waals surface area (Å²) < 4.78 is 0. The Hall–Kier alpha value is -2.67. The molecule has 0 saturated heterocycles. The molecule has 0 aliphatic carbocycles. The number of aryl methyl sites for hydroxylation is 1. The molecule has 0 aliphatic rings. The number of phenolic OH excluding ortho intramolecular Hbond substituents is 1. The first-order valence-corrected chi connectivity index (χ1v) is 6.40. The van der Waals surface area contributed by atoms with Gasteiger partial charge in [-0.3, -0.25) is 10.1 Å². The Balaban J connectivity index is 1.94. The Kier molecular flexibility index (Phi) is 3.19. The van der Waals surface area contributed by atoms with E-state index in [0.29, 0.717) is 11.2 Å². The molecule has 2 heterocycles. The molecular weight excluding hydrogens is 294 g/mol. The number of H-pyrrole nitrogens is 1. The van der Waals surface area contributed by atoms with E-state index in [4.69, 9.17) is 11.6 Å². The summed E-state index contributed by atoms with van der Waals surface area (Å²) in [4.78, 5) is 26.9. The molecule has 8 heteroatoms. The lowest BCUT2D eigenvalue weighted by atomic mass is 10.1. The summed E-state index contributed by atoms with van der Waals surface area (Å²) in [6, 6.07) is 4.73. The zero-order valence-electron chi connectivity index (χ0n) is 10.9. The average molecular weight is 304 g/mol. The van der Waals surface area contributed by atoms with Gasteiger partial charge in [-0.1, -0.05) is 23.2 Å². The highest BCUT2D eigenvalue weighted by molar-refractivity contribution is 6.33. The second kappa shape index (κ2) is 5.02. The van der Waals surface area contributed by atoms with Gasteiger partial charge < -0.3 is 10.1 Å². The van der Waals surface area contributed by atoms with Crippen LogP contribution >= 0.6 is 11.6 Å². The number of halogens is 1. The second-order valence-corrected chi connectivity index (χ2v) is 4.77. The van der Waals surface area contributed by atoms with E-state index in [1.54, 1.807) is 12.1 Å². The molecule has 1 aromatic carbocycles. The van der Waals surface area contributed by atoms with Crippen LogP contribution in [0.4, 0.5) is 5.95 Å². The van der Waals surface area contributed by atoms with Gasteiger partial charge in [0.05, 0.1) is 11.9 Å². The van der Waals surface area contributed by atoms with Crippen LogP contribution in [-0.2, 0) is 0 Å². The molecule has 0 radical (unpaired) electrons. The fourth-order valence-electron chi connectivity index (χ4n) is 1.85. The molecular formula is C13H10ClN5O2. The minimum atomic E-state index is -0.526. The standard InChI is InChI=1S/C13H10ClN5O2/c1-6-2-3-8(20)7(4-6)12(21)19-13-17-10(14)9-11(18-13)16-5-15-9/h2-5,20H,1H3,(H2,15,16,17,18,19,21). The van der Waals surface area contributed by atoms with Crippen LogP contribution in [0.15, 0.2) is 24.5 Å². The summed E-state index contributed by atoms with van der Waals surface area (Å²) in [5.74, 6) is -0.627. The summed E-state index contributed by atoms with van der Waals surface area (Å²) >= 11 is 5.97. The van der Waals surface area contributed by atoms with Crippen molar-refractivity contribution in [2.24, 2.45) is 0 Å². The van der Waals surface area contributed by atoms with Crippen molar-refractivity contribution in [2.75, 3.05) is 5.32 Å². The third kappa shape index (κ3) is 2.50. The number of benzene rings is 1. The SMILES string of the molecule is Cc1ccc(O)c(C(=O)Nc2nc(Cl)c3[nH]cnc3n2)c1. The van der Waals surface area contributed by atoms with Gasteiger partial charge in [-0.15, -0.1) is 0 Å². The number of aromatic nitrogens is 4. The number of fused-ring (bicyclic) bond motifs is 1. The lowest BCUT2D eigenvalue weighted by Gasteiger charge is -2.06. The highest BCUT2D eigenvalue weighted by Crippen LogP contribution is 2.21. The van der Waals surface area contributed by atoms with Gasteiger partial charge in [-0.2, -0.15) is 9.97 Å². The van der Waals surface area contributed by atoms with Gasteiger partial charge in [-0.25, -0.2) is 4.98 Å². The molecule has 0 aliphatic heterocycles. The van der Waals surface area contributed by atoms with Crippen LogP contribution in [0.2, 0.25) is 5.15 Å². The molecule has 2 aromatic heterocycles. The third-order valence-corrected chi connectivity index (χ3v) is 3.14. The zero-order chi connectivity index (χ0) is 15.0. The minimum Gasteiger partial charge on any atom is -0.507 e. The number of imidazole rings is 1. The van der Waals surface area contributed by atoms with Crippen LogP contribution in [0.5, 0.6) is 5.75 Å². The van der Waals surface area contributed by atoms with Crippen LogP contribution in [0.3, 0.4) is 0 Å². The van der Waals surface area contributed by atoms with Gasteiger partial charge in [0.25, 0.3) is 5.91 Å². The molecule has 0 atom stereocenters. The number of carbonyl (C=O) groups excluding carboxylic acids is 1. The van der Waals surface area contributed by atoms with Gasteiger partial charge in [0.1, 0.15) is 11.3 Å². The summed E-state index contributed by atoms with van der Waals surface area (Å²) in [5.41, 5.74) is 1.82. The summed E-state index contributed by atoms with van der Waals surface area (Å²) in [7, 11) is 0. The monoisotopic (exact) mass is 303 g/mol. The third-order valence-electron chi connectivity index (χ3n) is 2.86. The number of amides is 1. The van der Waals surface area contributed by atoms with Crippen LogP contribution in [-0.4, -0.2) is 30.9 Å². The molecule has 3 aromatic rings. The largest absolute Gasteiger partial charge is 0.507 e. The molecule has 3 rings (SSSR count). The number of aromatic amines is 1. The number of phenols is 1. The van der Waals surface area contributed by atoms with Crippen molar-refractivity contribution < 1.29 is 9.90 Å². The fraction of sp³-hybridized carbons (Fsp3) is 0.0769. The van der Waals surface area contributed by atoms with Crippen LogP contribution < -0.4 is 5.32 Å². The Morgan fingerprint density at radius 1 is 1.38 bits per heavy atom. The van der Waals surface area contributed by atoms with Crippen molar-refractivity contribution >= 4 is 34.6 Å². The number of anilines is 1. The van der Waals surface area contributed by atoms with Crippen LogP contribution in [0, 0.1) is 6.92 Å². The van der Waals surface area contributed by atoms with Gasteiger partial charge in [-0.05, 0) is 19.1 Å². The predicted octanol–water partition coefficient (Wildman–Crippen LogP) is 2.27. The van der Waals surface area contributed by atoms with E-state index in [2.05, 4.69) is 25.3 Å². The molecule has 0 unspecified atom stereocenters.